The molecule has 1 N–H and O–H groups in total. The number of halogens is 2. The average molecular weight is 419 g/mol. The van der Waals surface area contributed by atoms with E-state index in [2.05, 4.69) is 16.2 Å². The predicted molar refractivity (Wildman–Crippen MR) is 114 cm³/mol. The highest BCUT2D eigenvalue weighted by Gasteiger charge is 2.14. The van der Waals surface area contributed by atoms with Crippen molar-refractivity contribution in [2.45, 2.75) is 4.90 Å². The van der Waals surface area contributed by atoms with E-state index in [9.17, 15) is 9.00 Å². The maximum atomic E-state index is 12.6. The number of nitrogens with zero attached hydrogens (tertiary/aromatic N) is 1. The second-order valence-electron chi connectivity index (χ2n) is 6.01. The van der Waals surface area contributed by atoms with Crippen LogP contribution in [0, 0.1) is 0 Å². The Bertz CT molecular complexity index is 1110. The SMILES string of the molecule is C=S(C)(=O)c1ccc(C(=O)Nc2ccc(Cl)c(-c3ccccn3)c2)c(Cl)c1. The molecule has 0 radical (unpaired) electrons. The Morgan fingerprint density at radius 1 is 1.07 bits per heavy atom. The second kappa shape index (κ2) is 7.72. The number of benzene rings is 2. The van der Waals surface area contributed by atoms with Gasteiger partial charge in [0.05, 0.1) is 21.3 Å². The zero-order chi connectivity index (χ0) is 19.6. The third kappa shape index (κ3) is 4.50. The number of nitrogens with one attached hydrogen (secondary N) is 1. The van der Waals surface area contributed by atoms with E-state index < -0.39 is 9.52 Å². The minimum Gasteiger partial charge on any atom is -0.322 e. The fraction of sp³-hybridized carbons (Fsp3) is 0.0500. The number of pyridine rings is 1. The first-order chi connectivity index (χ1) is 12.8. The molecule has 0 saturated carbocycles. The van der Waals surface area contributed by atoms with Crippen molar-refractivity contribution in [3.05, 3.63) is 76.4 Å². The van der Waals surface area contributed by atoms with E-state index in [4.69, 9.17) is 23.2 Å². The number of carbonyl (C=O) groups excluding carboxylic acids is 1. The highest BCUT2D eigenvalue weighted by molar-refractivity contribution is 7.99. The Morgan fingerprint density at radius 2 is 1.85 bits per heavy atom. The summed E-state index contributed by atoms with van der Waals surface area (Å²) >= 11 is 12.5. The van der Waals surface area contributed by atoms with Crippen LogP contribution in [-0.2, 0) is 9.52 Å². The van der Waals surface area contributed by atoms with Gasteiger partial charge in [-0.05, 0) is 63.9 Å². The Balaban J connectivity index is 1.89. The lowest BCUT2D eigenvalue weighted by molar-refractivity contribution is 0.102. The third-order valence-corrected chi connectivity index (χ3v) is 5.74. The number of anilines is 1. The van der Waals surface area contributed by atoms with Crippen molar-refractivity contribution in [3.63, 3.8) is 0 Å². The number of rotatable bonds is 4. The van der Waals surface area contributed by atoms with Gasteiger partial charge in [0.2, 0.25) is 0 Å². The maximum absolute atomic E-state index is 12.6. The van der Waals surface area contributed by atoms with Crippen LogP contribution < -0.4 is 5.32 Å². The molecule has 1 aromatic heterocycles. The molecule has 1 amide bonds. The predicted octanol–water partition coefficient (Wildman–Crippen LogP) is 5.01. The first-order valence-corrected chi connectivity index (χ1v) is 10.8. The van der Waals surface area contributed by atoms with Gasteiger partial charge in [0, 0.05) is 28.6 Å². The van der Waals surface area contributed by atoms with Gasteiger partial charge in [-0.1, -0.05) is 29.3 Å². The second-order valence-corrected chi connectivity index (χ2v) is 9.31. The van der Waals surface area contributed by atoms with Crippen LogP contribution in [0.25, 0.3) is 11.3 Å². The topological polar surface area (TPSA) is 59.1 Å². The number of aromatic nitrogens is 1. The summed E-state index contributed by atoms with van der Waals surface area (Å²) < 4.78 is 12.0. The zero-order valence-corrected chi connectivity index (χ0v) is 16.7. The lowest BCUT2D eigenvalue weighted by Gasteiger charge is -2.11. The zero-order valence-electron chi connectivity index (χ0n) is 14.4. The molecule has 2 aromatic carbocycles. The van der Waals surface area contributed by atoms with E-state index in [0.717, 1.165) is 0 Å². The largest absolute Gasteiger partial charge is 0.322 e. The summed E-state index contributed by atoms with van der Waals surface area (Å²) in [4.78, 5) is 17.4. The van der Waals surface area contributed by atoms with E-state index in [1.165, 1.54) is 18.4 Å². The van der Waals surface area contributed by atoms with Crippen molar-refractivity contribution in [2.24, 2.45) is 0 Å². The van der Waals surface area contributed by atoms with Gasteiger partial charge in [-0.3, -0.25) is 14.0 Å². The average Bonchev–Trinajstić information content (AvgIpc) is 2.63. The van der Waals surface area contributed by atoms with Crippen LogP contribution in [0.15, 0.2) is 65.7 Å². The van der Waals surface area contributed by atoms with E-state index in [1.54, 1.807) is 30.5 Å². The number of hydrogen-bond acceptors (Lipinski definition) is 3. The summed E-state index contributed by atoms with van der Waals surface area (Å²) in [5.74, 6) is 3.24. The molecule has 138 valence electrons. The first kappa shape index (κ1) is 19.4. The quantitative estimate of drug-likeness (QED) is 0.605. The summed E-state index contributed by atoms with van der Waals surface area (Å²) in [6.45, 7) is 0. The number of carbonyl (C=O) groups is 1. The summed E-state index contributed by atoms with van der Waals surface area (Å²) in [5, 5.41) is 3.54. The summed E-state index contributed by atoms with van der Waals surface area (Å²) in [5.41, 5.74) is 2.24. The van der Waals surface area contributed by atoms with Crippen molar-refractivity contribution in [1.29, 1.82) is 0 Å². The summed E-state index contributed by atoms with van der Waals surface area (Å²) in [6.07, 6.45) is 3.19. The van der Waals surface area contributed by atoms with Gasteiger partial charge in [0.25, 0.3) is 5.91 Å². The lowest BCUT2D eigenvalue weighted by atomic mass is 10.1. The van der Waals surface area contributed by atoms with E-state index in [0.29, 0.717) is 26.9 Å². The van der Waals surface area contributed by atoms with Gasteiger partial charge < -0.3 is 5.32 Å². The number of amides is 1. The molecule has 0 aliphatic heterocycles. The molecule has 0 aliphatic carbocycles. The smallest absolute Gasteiger partial charge is 0.257 e. The molecule has 3 aromatic rings. The Kier molecular flexibility index (Phi) is 5.56. The maximum Gasteiger partial charge on any atom is 0.257 e. The van der Waals surface area contributed by atoms with Crippen molar-refractivity contribution in [1.82, 2.24) is 4.98 Å². The molecule has 0 aliphatic rings. The minimum atomic E-state index is -2.41. The van der Waals surface area contributed by atoms with Crippen LogP contribution in [-0.4, -0.2) is 27.2 Å². The van der Waals surface area contributed by atoms with Crippen molar-refractivity contribution >= 4 is 50.2 Å². The van der Waals surface area contributed by atoms with E-state index in [1.807, 2.05) is 18.2 Å². The van der Waals surface area contributed by atoms with Crippen LogP contribution in [0.1, 0.15) is 10.4 Å². The van der Waals surface area contributed by atoms with Crippen molar-refractivity contribution in [3.8, 4) is 11.3 Å². The minimum absolute atomic E-state index is 0.210. The van der Waals surface area contributed by atoms with Crippen LogP contribution in [0.5, 0.6) is 0 Å². The summed E-state index contributed by atoms with van der Waals surface area (Å²) in [7, 11) is -2.41. The van der Waals surface area contributed by atoms with Crippen molar-refractivity contribution < 1.29 is 9.00 Å². The van der Waals surface area contributed by atoms with Crippen LogP contribution in [0.2, 0.25) is 10.0 Å². The molecule has 1 unspecified atom stereocenters. The highest BCUT2D eigenvalue weighted by Crippen LogP contribution is 2.30. The molecule has 1 heterocycles. The normalized spacial score (nSPS) is 13.0. The van der Waals surface area contributed by atoms with Gasteiger partial charge in [-0.25, -0.2) is 0 Å². The molecular formula is C20H16Cl2N2O2S. The van der Waals surface area contributed by atoms with Gasteiger partial charge in [0.1, 0.15) is 0 Å². The van der Waals surface area contributed by atoms with Gasteiger partial charge in [0.15, 0.2) is 0 Å². The van der Waals surface area contributed by atoms with Gasteiger partial charge in [-0.2, -0.15) is 0 Å². The van der Waals surface area contributed by atoms with Crippen LogP contribution in [0.4, 0.5) is 5.69 Å². The fourth-order valence-corrected chi connectivity index (χ4v) is 3.74. The first-order valence-electron chi connectivity index (χ1n) is 7.90. The van der Waals surface area contributed by atoms with Gasteiger partial charge >= 0.3 is 0 Å². The molecule has 3 rings (SSSR count). The van der Waals surface area contributed by atoms with Crippen molar-refractivity contribution in [2.75, 3.05) is 11.6 Å². The van der Waals surface area contributed by atoms with E-state index >= 15 is 0 Å². The lowest BCUT2D eigenvalue weighted by Crippen LogP contribution is -2.13. The number of hydrogen-bond donors (Lipinski definition) is 1. The molecule has 0 saturated heterocycles. The molecule has 7 heteroatoms. The molecule has 27 heavy (non-hydrogen) atoms. The van der Waals surface area contributed by atoms with Crippen LogP contribution >= 0.6 is 23.2 Å². The third-order valence-electron chi connectivity index (χ3n) is 3.85. The monoisotopic (exact) mass is 418 g/mol. The van der Waals surface area contributed by atoms with E-state index in [-0.39, 0.29) is 16.5 Å². The molecule has 4 nitrogen and oxygen atoms in total. The highest BCUT2D eigenvalue weighted by atomic mass is 35.5. The van der Waals surface area contributed by atoms with Gasteiger partial charge in [-0.15, -0.1) is 0 Å². The Labute approximate surface area is 168 Å². The standard InChI is InChI=1S/C20H16Cl2N2O2S/c1-27(2,26)14-7-8-15(18(22)12-14)20(25)24-13-6-9-17(21)16(11-13)19-5-3-4-10-23-19/h3-12H,1H2,2H3,(H,24,25). The molecular weight excluding hydrogens is 403 g/mol. The Morgan fingerprint density at radius 3 is 2.48 bits per heavy atom. The Hall–Kier alpha value is -2.34. The molecule has 0 fully saturated rings. The molecule has 0 bridgehead atoms. The molecule has 0 spiro atoms. The van der Waals surface area contributed by atoms with Crippen LogP contribution in [0.3, 0.4) is 0 Å². The molecule has 1 atom stereocenters. The fourth-order valence-electron chi connectivity index (χ4n) is 2.47. The summed E-state index contributed by atoms with van der Waals surface area (Å²) in [6, 6.07) is 15.3.